The largest absolute Gasteiger partial charge is 0.491 e. The molecule has 1 aromatic rings. The monoisotopic (exact) mass is 268 g/mol. The average molecular weight is 268 g/mol. The number of esters is 1. The molecule has 0 radical (unpaired) electrons. The summed E-state index contributed by atoms with van der Waals surface area (Å²) in [5, 5.41) is 0. The SMILES string of the molecule is CCOc1ccc(CC2(C(=O)OC)COC2)cc1F. The maximum atomic E-state index is 13.7. The molecule has 0 aromatic heterocycles. The van der Waals surface area contributed by atoms with Gasteiger partial charge in [-0.2, -0.15) is 0 Å². The molecule has 1 aliphatic rings. The van der Waals surface area contributed by atoms with E-state index in [4.69, 9.17) is 14.2 Å². The molecule has 19 heavy (non-hydrogen) atoms. The van der Waals surface area contributed by atoms with Crippen molar-refractivity contribution in [2.75, 3.05) is 26.9 Å². The highest BCUT2D eigenvalue weighted by molar-refractivity contribution is 5.78. The molecular weight excluding hydrogens is 251 g/mol. The van der Waals surface area contributed by atoms with Crippen molar-refractivity contribution in [3.63, 3.8) is 0 Å². The summed E-state index contributed by atoms with van der Waals surface area (Å²) in [6, 6.07) is 4.74. The molecule has 1 aromatic carbocycles. The lowest BCUT2D eigenvalue weighted by molar-refractivity contribution is -0.182. The fourth-order valence-corrected chi connectivity index (χ4v) is 2.17. The Morgan fingerprint density at radius 1 is 1.47 bits per heavy atom. The Balaban J connectivity index is 2.14. The first-order valence-electron chi connectivity index (χ1n) is 6.18. The first-order valence-corrected chi connectivity index (χ1v) is 6.18. The average Bonchev–Trinajstić information content (AvgIpc) is 2.36. The molecule has 0 N–H and O–H groups in total. The van der Waals surface area contributed by atoms with Crippen LogP contribution >= 0.6 is 0 Å². The smallest absolute Gasteiger partial charge is 0.316 e. The molecule has 2 rings (SSSR count). The summed E-state index contributed by atoms with van der Waals surface area (Å²) in [5.41, 5.74) is 0.0589. The van der Waals surface area contributed by atoms with E-state index in [1.54, 1.807) is 19.1 Å². The number of halogens is 1. The summed E-state index contributed by atoms with van der Waals surface area (Å²) in [4.78, 5) is 11.8. The molecule has 5 heteroatoms. The third-order valence-corrected chi connectivity index (χ3v) is 3.21. The van der Waals surface area contributed by atoms with E-state index < -0.39 is 11.2 Å². The highest BCUT2D eigenvalue weighted by atomic mass is 19.1. The van der Waals surface area contributed by atoms with Gasteiger partial charge in [0, 0.05) is 0 Å². The van der Waals surface area contributed by atoms with Crippen molar-refractivity contribution in [1.82, 2.24) is 0 Å². The molecule has 1 fully saturated rings. The molecule has 1 aliphatic heterocycles. The molecular formula is C14H17FO4. The van der Waals surface area contributed by atoms with Crippen LogP contribution in [0, 0.1) is 11.2 Å². The first kappa shape index (κ1) is 13.8. The Hall–Kier alpha value is -1.62. The molecule has 0 unspecified atom stereocenters. The van der Waals surface area contributed by atoms with E-state index in [0.29, 0.717) is 26.2 Å². The first-order chi connectivity index (χ1) is 9.11. The zero-order valence-electron chi connectivity index (χ0n) is 11.1. The fourth-order valence-electron chi connectivity index (χ4n) is 2.17. The van der Waals surface area contributed by atoms with E-state index in [9.17, 15) is 9.18 Å². The third-order valence-electron chi connectivity index (χ3n) is 3.21. The van der Waals surface area contributed by atoms with Crippen LogP contribution < -0.4 is 4.74 Å². The summed E-state index contributed by atoms with van der Waals surface area (Å²) in [6.07, 6.45) is 0.406. The molecule has 0 bridgehead atoms. The van der Waals surface area contributed by atoms with Crippen molar-refractivity contribution in [2.45, 2.75) is 13.3 Å². The fraction of sp³-hybridized carbons (Fsp3) is 0.500. The van der Waals surface area contributed by atoms with Crippen LogP contribution in [0.5, 0.6) is 5.75 Å². The van der Waals surface area contributed by atoms with Gasteiger partial charge >= 0.3 is 5.97 Å². The predicted octanol–water partition coefficient (Wildman–Crippen LogP) is 1.96. The minimum Gasteiger partial charge on any atom is -0.491 e. The second-order valence-corrected chi connectivity index (χ2v) is 4.64. The normalized spacial score (nSPS) is 16.6. The number of carbonyl (C=O) groups excluding carboxylic acids is 1. The Kier molecular flexibility index (Phi) is 4.04. The van der Waals surface area contributed by atoms with Crippen LogP contribution in [0.15, 0.2) is 18.2 Å². The molecule has 1 saturated heterocycles. The van der Waals surface area contributed by atoms with E-state index in [2.05, 4.69) is 0 Å². The summed E-state index contributed by atoms with van der Waals surface area (Å²) in [6.45, 7) is 2.84. The van der Waals surface area contributed by atoms with Gasteiger partial charge in [0.15, 0.2) is 11.6 Å². The highest BCUT2D eigenvalue weighted by Crippen LogP contribution is 2.34. The molecule has 0 saturated carbocycles. The maximum Gasteiger partial charge on any atom is 0.316 e. The van der Waals surface area contributed by atoms with Gasteiger partial charge in [-0.25, -0.2) is 4.39 Å². The van der Waals surface area contributed by atoms with Crippen LogP contribution in [-0.4, -0.2) is 32.9 Å². The Morgan fingerprint density at radius 3 is 2.68 bits per heavy atom. The summed E-state index contributed by atoms with van der Waals surface area (Å²) in [7, 11) is 1.35. The number of ether oxygens (including phenoxy) is 3. The van der Waals surface area contributed by atoms with E-state index in [-0.39, 0.29) is 11.7 Å². The predicted molar refractivity (Wildman–Crippen MR) is 66.5 cm³/mol. The van der Waals surface area contributed by atoms with Gasteiger partial charge in [0.1, 0.15) is 5.41 Å². The van der Waals surface area contributed by atoms with Crippen LogP contribution in [0.2, 0.25) is 0 Å². The van der Waals surface area contributed by atoms with Crippen molar-refractivity contribution in [1.29, 1.82) is 0 Å². The van der Waals surface area contributed by atoms with E-state index in [1.165, 1.54) is 13.2 Å². The second kappa shape index (κ2) is 5.57. The van der Waals surface area contributed by atoms with Gasteiger partial charge in [-0.3, -0.25) is 4.79 Å². The highest BCUT2D eigenvalue weighted by Gasteiger charge is 2.47. The van der Waals surface area contributed by atoms with Gasteiger partial charge < -0.3 is 14.2 Å². The van der Waals surface area contributed by atoms with Gasteiger partial charge in [-0.05, 0) is 31.0 Å². The summed E-state index contributed by atoms with van der Waals surface area (Å²) in [5.74, 6) is -0.504. The zero-order valence-corrected chi connectivity index (χ0v) is 11.1. The zero-order chi connectivity index (χ0) is 13.9. The number of benzene rings is 1. The molecule has 0 amide bonds. The van der Waals surface area contributed by atoms with Gasteiger partial charge in [0.05, 0.1) is 26.9 Å². The minimum absolute atomic E-state index is 0.225. The van der Waals surface area contributed by atoms with Crippen molar-refractivity contribution < 1.29 is 23.4 Å². The standard InChI is InChI=1S/C14H17FO4/c1-3-19-12-5-4-10(6-11(12)15)7-14(8-18-9-14)13(16)17-2/h4-6H,3,7-9H2,1-2H3. The molecule has 0 atom stereocenters. The Labute approximate surface area is 111 Å². The minimum atomic E-state index is -0.672. The summed E-state index contributed by atoms with van der Waals surface area (Å²) < 4.78 is 28.8. The number of methoxy groups -OCH3 is 1. The van der Waals surface area contributed by atoms with Crippen molar-refractivity contribution in [3.8, 4) is 5.75 Å². The van der Waals surface area contributed by atoms with E-state index >= 15 is 0 Å². The molecule has 1 heterocycles. The lowest BCUT2D eigenvalue weighted by atomic mass is 9.80. The number of carbonyl (C=O) groups is 1. The Morgan fingerprint density at radius 2 is 2.21 bits per heavy atom. The van der Waals surface area contributed by atoms with Crippen LogP contribution in [-0.2, 0) is 20.7 Å². The van der Waals surface area contributed by atoms with Crippen molar-refractivity contribution >= 4 is 5.97 Å². The summed E-state index contributed by atoms with van der Waals surface area (Å²) >= 11 is 0. The number of hydrogen-bond donors (Lipinski definition) is 0. The lowest BCUT2D eigenvalue weighted by Crippen LogP contribution is -2.51. The van der Waals surface area contributed by atoms with Crippen LogP contribution in [0.4, 0.5) is 4.39 Å². The van der Waals surface area contributed by atoms with Crippen molar-refractivity contribution in [3.05, 3.63) is 29.6 Å². The van der Waals surface area contributed by atoms with Gasteiger partial charge in [-0.1, -0.05) is 6.07 Å². The van der Waals surface area contributed by atoms with Crippen LogP contribution in [0.25, 0.3) is 0 Å². The van der Waals surface area contributed by atoms with Gasteiger partial charge in [0.25, 0.3) is 0 Å². The molecule has 4 nitrogen and oxygen atoms in total. The van der Waals surface area contributed by atoms with E-state index in [0.717, 1.165) is 5.56 Å². The number of hydrogen-bond acceptors (Lipinski definition) is 4. The Bertz CT molecular complexity index is 469. The third kappa shape index (κ3) is 2.71. The maximum absolute atomic E-state index is 13.7. The van der Waals surface area contributed by atoms with Crippen molar-refractivity contribution in [2.24, 2.45) is 5.41 Å². The second-order valence-electron chi connectivity index (χ2n) is 4.64. The molecule has 0 aliphatic carbocycles. The van der Waals surface area contributed by atoms with Crippen LogP contribution in [0.3, 0.4) is 0 Å². The quantitative estimate of drug-likeness (QED) is 0.766. The van der Waals surface area contributed by atoms with Crippen LogP contribution in [0.1, 0.15) is 12.5 Å². The molecule has 0 spiro atoms. The van der Waals surface area contributed by atoms with E-state index in [1.807, 2.05) is 0 Å². The topological polar surface area (TPSA) is 44.8 Å². The van der Waals surface area contributed by atoms with Gasteiger partial charge in [0.2, 0.25) is 0 Å². The van der Waals surface area contributed by atoms with Gasteiger partial charge in [-0.15, -0.1) is 0 Å². The lowest BCUT2D eigenvalue weighted by Gasteiger charge is -2.38. The number of rotatable bonds is 5. The molecule has 104 valence electrons.